The average molecular weight is 415 g/mol. The van der Waals surface area contributed by atoms with Gasteiger partial charge in [0.25, 0.3) is 0 Å². The lowest BCUT2D eigenvalue weighted by atomic mass is 9.47. The maximum Gasteiger partial charge on any atom is 0.157 e. The molecule has 3 saturated carbocycles. The van der Waals surface area contributed by atoms with E-state index in [1.165, 1.54) is 25.7 Å². The van der Waals surface area contributed by atoms with Gasteiger partial charge in [-0.1, -0.05) is 39.0 Å². The zero-order valence-electron chi connectivity index (χ0n) is 19.5. The van der Waals surface area contributed by atoms with Gasteiger partial charge in [0.2, 0.25) is 0 Å². The van der Waals surface area contributed by atoms with E-state index in [1.807, 2.05) is 6.92 Å². The highest BCUT2D eigenvalue weighted by molar-refractivity contribution is 5.94. The molecule has 3 fully saturated rings. The Morgan fingerprint density at radius 2 is 1.80 bits per heavy atom. The smallest absolute Gasteiger partial charge is 0.157 e. The first-order valence-corrected chi connectivity index (χ1v) is 12.3. The molecule has 4 aliphatic rings. The van der Waals surface area contributed by atoms with Gasteiger partial charge in [-0.3, -0.25) is 4.79 Å². The molecule has 0 amide bonds. The van der Waals surface area contributed by atoms with E-state index in [0.29, 0.717) is 35.7 Å². The lowest BCUT2D eigenvalue weighted by Gasteiger charge is -2.58. The van der Waals surface area contributed by atoms with Crippen LogP contribution in [-0.2, 0) is 4.79 Å². The minimum Gasteiger partial charge on any atom is -0.393 e. The van der Waals surface area contributed by atoms with Crippen LogP contribution >= 0.6 is 0 Å². The van der Waals surface area contributed by atoms with Gasteiger partial charge in [-0.2, -0.15) is 0 Å². The van der Waals surface area contributed by atoms with Crippen molar-refractivity contribution in [2.75, 3.05) is 0 Å². The van der Waals surface area contributed by atoms with Crippen LogP contribution in [0.25, 0.3) is 0 Å². The Hall–Kier alpha value is -0.930. The lowest BCUT2D eigenvalue weighted by Crippen LogP contribution is -2.53. The summed E-state index contributed by atoms with van der Waals surface area (Å²) in [7, 11) is 0. The summed E-state index contributed by atoms with van der Waals surface area (Å²) in [4.78, 5) is 12.1. The molecule has 2 unspecified atom stereocenters. The zero-order valence-corrected chi connectivity index (χ0v) is 19.5. The van der Waals surface area contributed by atoms with Crippen LogP contribution in [0.2, 0.25) is 0 Å². The number of aliphatic hydroxyl groups is 2. The molecule has 0 aromatic carbocycles. The average Bonchev–Trinajstić information content (AvgIpc) is 3.04. The van der Waals surface area contributed by atoms with E-state index in [1.54, 1.807) is 5.57 Å². The highest BCUT2D eigenvalue weighted by Gasteiger charge is 2.59. The quantitative estimate of drug-likeness (QED) is 0.464. The molecule has 0 spiro atoms. The van der Waals surface area contributed by atoms with Crippen LogP contribution < -0.4 is 0 Å². The number of carbonyl (C=O) groups excluding carboxylic acids is 1. The van der Waals surface area contributed by atoms with E-state index in [0.717, 1.165) is 25.7 Å². The number of aliphatic hydroxyl groups excluding tert-OH is 2. The molecule has 0 radical (unpaired) electrons. The summed E-state index contributed by atoms with van der Waals surface area (Å²) in [6.45, 7) is 12.9. The van der Waals surface area contributed by atoms with Crippen molar-refractivity contribution in [2.24, 2.45) is 40.4 Å². The van der Waals surface area contributed by atoms with Crippen molar-refractivity contribution in [3.63, 3.8) is 0 Å². The van der Waals surface area contributed by atoms with E-state index < -0.39 is 6.10 Å². The fraction of sp³-hybridized carbons (Fsp3) is 0.815. The van der Waals surface area contributed by atoms with Crippen LogP contribution in [0, 0.1) is 40.4 Å². The largest absolute Gasteiger partial charge is 0.393 e. The van der Waals surface area contributed by atoms with Gasteiger partial charge in [-0.05, 0) is 104 Å². The molecular formula is C27H42O3. The highest BCUT2D eigenvalue weighted by Crippen LogP contribution is 2.66. The number of rotatable bonds is 5. The van der Waals surface area contributed by atoms with Crippen molar-refractivity contribution < 1.29 is 15.0 Å². The molecule has 3 heteroatoms. The normalized spacial score (nSPS) is 46.3. The molecule has 30 heavy (non-hydrogen) atoms. The Kier molecular flexibility index (Phi) is 5.85. The van der Waals surface area contributed by atoms with Crippen molar-refractivity contribution in [2.45, 2.75) is 97.7 Å². The minimum absolute atomic E-state index is 0.127. The van der Waals surface area contributed by atoms with Crippen LogP contribution in [0.4, 0.5) is 0 Å². The van der Waals surface area contributed by atoms with Crippen LogP contribution in [0.15, 0.2) is 23.8 Å². The number of hydrogen-bond donors (Lipinski definition) is 2. The summed E-state index contributed by atoms with van der Waals surface area (Å²) >= 11 is 0. The number of fused-ring (bicyclic) bond motifs is 5. The predicted molar refractivity (Wildman–Crippen MR) is 121 cm³/mol. The van der Waals surface area contributed by atoms with Crippen LogP contribution in [0.3, 0.4) is 0 Å². The van der Waals surface area contributed by atoms with Crippen LogP contribution in [0.1, 0.15) is 85.5 Å². The predicted octanol–water partition coefficient (Wildman–Crippen LogP) is 5.46. The molecule has 0 aromatic heterocycles. The van der Waals surface area contributed by atoms with Crippen molar-refractivity contribution in [1.82, 2.24) is 0 Å². The van der Waals surface area contributed by atoms with Gasteiger partial charge < -0.3 is 10.2 Å². The summed E-state index contributed by atoms with van der Waals surface area (Å²) < 4.78 is 0. The van der Waals surface area contributed by atoms with E-state index >= 15 is 0 Å². The molecule has 4 aliphatic carbocycles. The number of allylic oxidation sites excluding steroid dienone is 2. The third-order valence-electron chi connectivity index (χ3n) is 10.1. The fourth-order valence-corrected chi connectivity index (χ4v) is 8.31. The third kappa shape index (κ3) is 3.45. The first-order valence-electron chi connectivity index (χ1n) is 12.3. The molecule has 3 nitrogen and oxygen atoms in total. The zero-order chi connectivity index (χ0) is 21.8. The van der Waals surface area contributed by atoms with Crippen molar-refractivity contribution >= 4 is 5.78 Å². The molecule has 0 bridgehead atoms. The second-order valence-electron chi connectivity index (χ2n) is 11.8. The summed E-state index contributed by atoms with van der Waals surface area (Å²) in [5, 5.41) is 21.3. The van der Waals surface area contributed by atoms with Crippen LogP contribution in [-0.4, -0.2) is 28.2 Å². The molecule has 0 aliphatic heterocycles. The van der Waals surface area contributed by atoms with E-state index in [-0.39, 0.29) is 28.6 Å². The van der Waals surface area contributed by atoms with Gasteiger partial charge in [-0.25, -0.2) is 0 Å². The summed E-state index contributed by atoms with van der Waals surface area (Å²) in [6.07, 6.45) is 10.7. The van der Waals surface area contributed by atoms with Gasteiger partial charge in [0, 0.05) is 6.42 Å². The van der Waals surface area contributed by atoms with Gasteiger partial charge in [0.15, 0.2) is 5.78 Å². The Morgan fingerprint density at radius 1 is 1.13 bits per heavy atom. The molecule has 0 aromatic rings. The Bertz CT molecular complexity index is 738. The van der Waals surface area contributed by atoms with Crippen molar-refractivity contribution in [3.05, 3.63) is 23.8 Å². The molecular weight excluding hydrogens is 372 g/mol. The Morgan fingerprint density at radius 3 is 2.50 bits per heavy atom. The molecule has 0 saturated heterocycles. The SMILES string of the molecule is C=C(C)C(=O)CC[C@@H](C)[C@H]1CCC2C3=C[C@H](O)[C@H]4C[C@@H](O)CC[C@]4(C)C3CC[C@@]21C. The number of ketones is 1. The Labute approximate surface area is 183 Å². The highest BCUT2D eigenvalue weighted by atomic mass is 16.3. The second kappa shape index (κ2) is 7.89. The van der Waals surface area contributed by atoms with Crippen LogP contribution in [0.5, 0.6) is 0 Å². The van der Waals surface area contributed by atoms with Gasteiger partial charge in [0.05, 0.1) is 12.2 Å². The standard InChI is InChI=1S/C27H42O3/c1-16(2)24(29)9-6-17(3)20-7-8-21-19-15-25(30)23-14-18(28)10-12-27(23,5)22(19)11-13-26(20,21)4/h15,17-18,20-23,25,28,30H,1,6-14H2,2-5H3/t17-,18+,20-,21?,22?,23-,25+,26-,27-/m1/s1. The van der Waals surface area contributed by atoms with E-state index in [4.69, 9.17) is 0 Å². The third-order valence-corrected chi connectivity index (χ3v) is 10.1. The van der Waals surface area contributed by atoms with Crippen molar-refractivity contribution in [3.8, 4) is 0 Å². The van der Waals surface area contributed by atoms with E-state index in [2.05, 4.69) is 33.4 Å². The Balaban J connectivity index is 1.55. The summed E-state index contributed by atoms with van der Waals surface area (Å²) in [5.41, 5.74) is 2.63. The first kappa shape index (κ1) is 22.3. The van der Waals surface area contributed by atoms with Gasteiger partial charge in [0.1, 0.15) is 0 Å². The number of Topliss-reactive ketones (excluding diaryl/α,β-unsaturated/α-hetero) is 1. The second-order valence-corrected chi connectivity index (χ2v) is 11.8. The number of carbonyl (C=O) groups is 1. The van der Waals surface area contributed by atoms with Gasteiger partial charge in [-0.15, -0.1) is 0 Å². The molecule has 168 valence electrons. The van der Waals surface area contributed by atoms with Gasteiger partial charge >= 0.3 is 0 Å². The summed E-state index contributed by atoms with van der Waals surface area (Å²) in [6, 6.07) is 0. The maximum atomic E-state index is 12.1. The van der Waals surface area contributed by atoms with E-state index in [9.17, 15) is 15.0 Å². The summed E-state index contributed by atoms with van der Waals surface area (Å²) in [5.74, 6) is 2.74. The fourth-order valence-electron chi connectivity index (χ4n) is 8.31. The maximum absolute atomic E-state index is 12.1. The lowest BCUT2D eigenvalue weighted by molar-refractivity contribution is -0.116. The minimum atomic E-state index is -0.414. The van der Waals surface area contributed by atoms with Crippen molar-refractivity contribution in [1.29, 1.82) is 0 Å². The topological polar surface area (TPSA) is 57.5 Å². The molecule has 2 N–H and O–H groups in total. The monoisotopic (exact) mass is 414 g/mol. The molecule has 0 heterocycles. The number of hydrogen-bond acceptors (Lipinski definition) is 3. The molecule has 9 atom stereocenters. The first-order chi connectivity index (χ1) is 14.1. The molecule has 4 rings (SSSR count).